The molecule has 0 spiro atoms. The molecule has 0 fully saturated rings. The van der Waals surface area contributed by atoms with E-state index in [1.54, 1.807) is 0 Å². The first-order valence-corrected chi connectivity index (χ1v) is 6.59. The maximum absolute atomic E-state index is 11.7. The minimum absolute atomic E-state index is 0.237. The summed E-state index contributed by atoms with van der Waals surface area (Å²) in [5, 5.41) is 0. The fourth-order valence-electron chi connectivity index (χ4n) is 1.18. The third-order valence-corrected chi connectivity index (χ3v) is 3.57. The van der Waals surface area contributed by atoms with Crippen molar-refractivity contribution in [2.75, 3.05) is 6.54 Å². The average Bonchev–Trinajstić information content (AvgIpc) is 2.17. The highest BCUT2D eigenvalue weighted by atomic mass is 32.2. The summed E-state index contributed by atoms with van der Waals surface area (Å²) in [5.74, 6) is 0.414. The maximum Gasteiger partial charge on any atom is 0.268 e. The zero-order chi connectivity index (χ0) is 12.2. The van der Waals surface area contributed by atoms with Gasteiger partial charge in [0.15, 0.2) is 0 Å². The van der Waals surface area contributed by atoms with Gasteiger partial charge in [0, 0.05) is 12.7 Å². The van der Waals surface area contributed by atoms with E-state index in [-0.39, 0.29) is 4.90 Å². The molecule has 1 aromatic rings. The van der Waals surface area contributed by atoms with Gasteiger partial charge in [-0.25, -0.2) is 13.1 Å². The summed E-state index contributed by atoms with van der Waals surface area (Å²) in [4.78, 5) is 13.4. The first-order valence-electron chi connectivity index (χ1n) is 5.11. The van der Waals surface area contributed by atoms with Gasteiger partial charge in [-0.3, -0.25) is 4.79 Å². The van der Waals surface area contributed by atoms with Crippen molar-refractivity contribution < 1.29 is 8.42 Å². The molecule has 0 amide bonds. The van der Waals surface area contributed by atoms with E-state index in [4.69, 9.17) is 0 Å². The predicted molar refractivity (Wildman–Crippen MR) is 61.7 cm³/mol. The normalized spacial score (nSPS) is 11.9. The lowest BCUT2D eigenvalue weighted by molar-refractivity contribution is 0.551. The fraction of sp³-hybridized carbons (Fsp3) is 0.500. The predicted octanol–water partition coefficient (Wildman–Crippen LogP) is 0.699. The van der Waals surface area contributed by atoms with E-state index in [0.29, 0.717) is 12.5 Å². The van der Waals surface area contributed by atoms with Crippen LogP contribution in [0.25, 0.3) is 0 Å². The number of hydrogen-bond acceptors (Lipinski definition) is 3. The first kappa shape index (κ1) is 12.9. The van der Waals surface area contributed by atoms with Crippen molar-refractivity contribution in [3.63, 3.8) is 0 Å². The highest BCUT2D eigenvalue weighted by Crippen LogP contribution is 2.02. The van der Waals surface area contributed by atoms with Crippen LogP contribution < -0.4 is 10.3 Å². The van der Waals surface area contributed by atoms with Crippen molar-refractivity contribution in [3.05, 3.63) is 28.7 Å². The molecular weight excluding hydrogens is 228 g/mol. The van der Waals surface area contributed by atoms with Gasteiger partial charge in [0.25, 0.3) is 5.56 Å². The first-order chi connectivity index (χ1) is 7.43. The molecule has 0 unspecified atom stereocenters. The van der Waals surface area contributed by atoms with Crippen LogP contribution in [0, 0.1) is 5.92 Å². The van der Waals surface area contributed by atoms with E-state index < -0.39 is 15.6 Å². The molecule has 5 nitrogen and oxygen atoms in total. The molecule has 0 atom stereocenters. The Morgan fingerprint density at radius 3 is 2.69 bits per heavy atom. The lowest BCUT2D eigenvalue weighted by Crippen LogP contribution is -2.30. The number of pyridine rings is 1. The monoisotopic (exact) mass is 244 g/mol. The number of aromatic amines is 1. The van der Waals surface area contributed by atoms with Crippen molar-refractivity contribution in [3.8, 4) is 0 Å². The Morgan fingerprint density at radius 2 is 2.12 bits per heavy atom. The number of hydrogen-bond donors (Lipinski definition) is 2. The van der Waals surface area contributed by atoms with Gasteiger partial charge in [0.1, 0.15) is 4.90 Å². The van der Waals surface area contributed by atoms with E-state index >= 15 is 0 Å². The second kappa shape index (κ2) is 5.27. The van der Waals surface area contributed by atoms with Crippen LogP contribution in [0.15, 0.2) is 28.0 Å². The van der Waals surface area contributed by atoms with Crippen molar-refractivity contribution in [1.82, 2.24) is 9.71 Å². The molecule has 6 heteroatoms. The molecule has 0 aliphatic rings. The van der Waals surface area contributed by atoms with Gasteiger partial charge >= 0.3 is 0 Å². The van der Waals surface area contributed by atoms with Crippen LogP contribution >= 0.6 is 0 Å². The van der Waals surface area contributed by atoms with Gasteiger partial charge in [0.05, 0.1) is 0 Å². The molecule has 16 heavy (non-hydrogen) atoms. The van der Waals surface area contributed by atoms with Gasteiger partial charge in [-0.15, -0.1) is 0 Å². The Balaban J connectivity index is 2.80. The Hall–Kier alpha value is -1.14. The molecule has 0 aromatic carbocycles. The molecule has 0 radical (unpaired) electrons. The van der Waals surface area contributed by atoms with Gasteiger partial charge < -0.3 is 4.98 Å². The molecule has 0 saturated carbocycles. The average molecular weight is 244 g/mol. The maximum atomic E-state index is 11.7. The van der Waals surface area contributed by atoms with Crippen molar-refractivity contribution in [2.45, 2.75) is 25.2 Å². The van der Waals surface area contributed by atoms with E-state index in [1.165, 1.54) is 18.3 Å². The molecule has 1 heterocycles. The summed E-state index contributed by atoms with van der Waals surface area (Å²) in [6.45, 7) is 4.35. The summed E-state index contributed by atoms with van der Waals surface area (Å²) in [6.07, 6.45) is 2.14. The number of nitrogens with one attached hydrogen (secondary N) is 2. The summed E-state index contributed by atoms with van der Waals surface area (Å²) in [7, 11) is -3.68. The minimum atomic E-state index is -3.68. The molecule has 0 bridgehead atoms. The van der Waals surface area contributed by atoms with Crippen LogP contribution in [-0.4, -0.2) is 19.9 Å². The number of sulfonamides is 1. The molecule has 0 aliphatic carbocycles. The van der Waals surface area contributed by atoms with Gasteiger partial charge in [0.2, 0.25) is 10.0 Å². The van der Waals surface area contributed by atoms with Crippen molar-refractivity contribution >= 4 is 10.0 Å². The SMILES string of the molecule is CC(C)CCNS(=O)(=O)c1ccc[nH]c1=O. The smallest absolute Gasteiger partial charge is 0.268 e. The Morgan fingerprint density at radius 1 is 1.44 bits per heavy atom. The molecule has 1 rings (SSSR count). The van der Waals surface area contributed by atoms with Crippen molar-refractivity contribution in [2.24, 2.45) is 5.92 Å². The van der Waals surface area contributed by atoms with E-state index in [9.17, 15) is 13.2 Å². The summed E-state index contributed by atoms with van der Waals surface area (Å²) in [5.41, 5.74) is -0.598. The molecule has 1 aromatic heterocycles. The molecular formula is C10H16N2O3S. The van der Waals surface area contributed by atoms with Crippen LogP contribution in [0.2, 0.25) is 0 Å². The van der Waals surface area contributed by atoms with E-state index in [1.807, 2.05) is 13.8 Å². The summed E-state index contributed by atoms with van der Waals surface area (Å²) in [6, 6.07) is 2.77. The van der Waals surface area contributed by atoms with Crippen LogP contribution in [-0.2, 0) is 10.0 Å². The second-order valence-electron chi connectivity index (χ2n) is 3.94. The number of aromatic nitrogens is 1. The zero-order valence-electron chi connectivity index (χ0n) is 9.36. The second-order valence-corrected chi connectivity index (χ2v) is 5.68. The van der Waals surface area contributed by atoms with E-state index in [0.717, 1.165) is 6.42 Å². The fourth-order valence-corrected chi connectivity index (χ4v) is 2.28. The molecule has 90 valence electrons. The minimum Gasteiger partial charge on any atom is -0.328 e. The molecule has 2 N–H and O–H groups in total. The van der Waals surface area contributed by atoms with Crippen molar-refractivity contribution in [1.29, 1.82) is 0 Å². The molecule has 0 aliphatic heterocycles. The summed E-state index contributed by atoms with van der Waals surface area (Å²) >= 11 is 0. The third-order valence-electron chi connectivity index (χ3n) is 2.09. The molecule has 0 saturated heterocycles. The zero-order valence-corrected chi connectivity index (χ0v) is 10.2. The van der Waals surface area contributed by atoms with Crippen LogP contribution in [0.5, 0.6) is 0 Å². The Kier molecular flexibility index (Phi) is 4.26. The van der Waals surface area contributed by atoms with E-state index in [2.05, 4.69) is 9.71 Å². The van der Waals surface area contributed by atoms with Gasteiger partial charge in [-0.2, -0.15) is 0 Å². The van der Waals surface area contributed by atoms with Gasteiger partial charge in [-0.1, -0.05) is 13.8 Å². The highest BCUT2D eigenvalue weighted by molar-refractivity contribution is 7.89. The largest absolute Gasteiger partial charge is 0.328 e. The number of H-pyrrole nitrogens is 1. The third kappa shape index (κ3) is 3.46. The van der Waals surface area contributed by atoms with Crippen LogP contribution in [0.4, 0.5) is 0 Å². The number of rotatable bonds is 5. The lowest BCUT2D eigenvalue weighted by Gasteiger charge is -2.07. The lowest BCUT2D eigenvalue weighted by atomic mass is 10.1. The quantitative estimate of drug-likeness (QED) is 0.800. The van der Waals surface area contributed by atoms with Crippen LogP contribution in [0.1, 0.15) is 20.3 Å². The van der Waals surface area contributed by atoms with Crippen LogP contribution in [0.3, 0.4) is 0 Å². The highest BCUT2D eigenvalue weighted by Gasteiger charge is 2.16. The Labute approximate surface area is 94.9 Å². The van der Waals surface area contributed by atoms with Gasteiger partial charge in [-0.05, 0) is 24.5 Å². The standard InChI is InChI=1S/C10H16N2O3S/c1-8(2)5-7-12-16(14,15)9-4-3-6-11-10(9)13/h3-4,6,8,12H,5,7H2,1-2H3,(H,11,13). The summed E-state index contributed by atoms with van der Waals surface area (Å²) < 4.78 is 25.8. The Bertz CT molecular complexity index is 491. The topological polar surface area (TPSA) is 79.0 Å².